The third-order valence-electron chi connectivity index (χ3n) is 4.27. The van der Waals surface area contributed by atoms with Gasteiger partial charge in [0.25, 0.3) is 0 Å². The van der Waals surface area contributed by atoms with Gasteiger partial charge >= 0.3 is 0 Å². The molecule has 2 fully saturated rings. The van der Waals surface area contributed by atoms with Crippen LogP contribution in [0.4, 0.5) is 0 Å². The van der Waals surface area contributed by atoms with Crippen molar-refractivity contribution in [2.45, 2.75) is 52.2 Å². The van der Waals surface area contributed by atoms with Crippen LogP contribution in [0.2, 0.25) is 0 Å². The van der Waals surface area contributed by atoms with Crippen LogP contribution in [0.1, 0.15) is 40.5 Å². The maximum atomic E-state index is 5.76. The van der Waals surface area contributed by atoms with Gasteiger partial charge in [0.2, 0.25) is 0 Å². The van der Waals surface area contributed by atoms with E-state index in [1.165, 1.54) is 6.42 Å². The van der Waals surface area contributed by atoms with Gasteiger partial charge in [0, 0.05) is 50.3 Å². The molecular weight excluding hydrogens is 252 g/mol. The Morgan fingerprint density at radius 1 is 1.30 bits per heavy atom. The second-order valence-electron chi connectivity index (χ2n) is 7.68. The standard InChI is InChI=1S/C16H32N2O2/c1-14-10-18(7-5-8-20-14)12-16(6-9-19-13-16)11-17-15(2,3)4/h14,17H,5-13H2,1-4H3. The number of hydrogen-bond acceptors (Lipinski definition) is 4. The lowest BCUT2D eigenvalue weighted by Gasteiger charge is -2.36. The van der Waals surface area contributed by atoms with E-state index in [2.05, 4.69) is 37.9 Å². The Morgan fingerprint density at radius 3 is 2.75 bits per heavy atom. The van der Waals surface area contributed by atoms with Crippen molar-refractivity contribution in [3.05, 3.63) is 0 Å². The van der Waals surface area contributed by atoms with Crippen molar-refractivity contribution in [3.8, 4) is 0 Å². The van der Waals surface area contributed by atoms with Crippen molar-refractivity contribution >= 4 is 0 Å². The SMILES string of the molecule is CC1CN(CC2(CNC(C)(C)C)CCOC2)CCCO1. The Balaban J connectivity index is 1.93. The molecule has 2 aliphatic heterocycles. The minimum atomic E-state index is 0.171. The van der Waals surface area contributed by atoms with Crippen LogP contribution in [0.5, 0.6) is 0 Å². The van der Waals surface area contributed by atoms with E-state index in [9.17, 15) is 0 Å². The molecule has 2 aliphatic rings. The number of hydrogen-bond donors (Lipinski definition) is 1. The smallest absolute Gasteiger partial charge is 0.0673 e. The molecule has 2 heterocycles. The summed E-state index contributed by atoms with van der Waals surface area (Å²) >= 11 is 0. The Morgan fingerprint density at radius 2 is 2.10 bits per heavy atom. The highest BCUT2D eigenvalue weighted by molar-refractivity contribution is 4.91. The largest absolute Gasteiger partial charge is 0.381 e. The van der Waals surface area contributed by atoms with Crippen molar-refractivity contribution < 1.29 is 9.47 Å². The van der Waals surface area contributed by atoms with E-state index in [1.807, 2.05) is 0 Å². The van der Waals surface area contributed by atoms with E-state index >= 15 is 0 Å². The molecule has 0 aromatic carbocycles. The van der Waals surface area contributed by atoms with Crippen molar-refractivity contribution in [2.75, 3.05) is 46.0 Å². The minimum Gasteiger partial charge on any atom is -0.381 e. The summed E-state index contributed by atoms with van der Waals surface area (Å²) in [5.41, 5.74) is 0.447. The van der Waals surface area contributed by atoms with Gasteiger partial charge in [0.1, 0.15) is 0 Å². The first-order valence-electron chi connectivity index (χ1n) is 8.05. The lowest BCUT2D eigenvalue weighted by molar-refractivity contribution is 0.0544. The van der Waals surface area contributed by atoms with Crippen molar-refractivity contribution in [2.24, 2.45) is 5.41 Å². The predicted molar refractivity (Wildman–Crippen MR) is 82.1 cm³/mol. The summed E-state index contributed by atoms with van der Waals surface area (Å²) < 4.78 is 11.5. The number of rotatable bonds is 4. The number of nitrogens with zero attached hydrogens (tertiary/aromatic N) is 1. The van der Waals surface area contributed by atoms with E-state index in [-0.39, 0.29) is 11.0 Å². The maximum Gasteiger partial charge on any atom is 0.0673 e. The van der Waals surface area contributed by atoms with Gasteiger partial charge in [0.05, 0.1) is 12.7 Å². The van der Waals surface area contributed by atoms with Crippen molar-refractivity contribution in [3.63, 3.8) is 0 Å². The minimum absolute atomic E-state index is 0.171. The molecule has 0 bridgehead atoms. The van der Waals surface area contributed by atoms with Gasteiger partial charge in [-0.15, -0.1) is 0 Å². The molecule has 1 N–H and O–H groups in total. The van der Waals surface area contributed by atoms with Gasteiger partial charge in [-0.25, -0.2) is 0 Å². The first-order valence-corrected chi connectivity index (χ1v) is 8.05. The summed E-state index contributed by atoms with van der Waals surface area (Å²) in [5, 5.41) is 3.68. The molecule has 2 saturated heterocycles. The Labute approximate surface area is 124 Å². The van der Waals surface area contributed by atoms with E-state index in [0.29, 0.717) is 6.10 Å². The van der Waals surface area contributed by atoms with Crippen LogP contribution in [0.25, 0.3) is 0 Å². The quantitative estimate of drug-likeness (QED) is 0.855. The molecule has 0 radical (unpaired) electrons. The van der Waals surface area contributed by atoms with Gasteiger partial charge in [-0.1, -0.05) is 0 Å². The zero-order chi connectivity index (χ0) is 14.6. The number of ether oxygens (including phenoxy) is 2. The molecule has 20 heavy (non-hydrogen) atoms. The topological polar surface area (TPSA) is 33.7 Å². The average Bonchev–Trinajstić information content (AvgIpc) is 2.71. The fourth-order valence-electron chi connectivity index (χ4n) is 3.12. The fraction of sp³-hybridized carbons (Fsp3) is 1.00. The molecule has 0 aromatic heterocycles. The summed E-state index contributed by atoms with van der Waals surface area (Å²) in [4.78, 5) is 2.58. The van der Waals surface area contributed by atoms with E-state index in [1.54, 1.807) is 0 Å². The highest BCUT2D eigenvalue weighted by Crippen LogP contribution is 2.30. The molecule has 118 valence electrons. The van der Waals surface area contributed by atoms with E-state index in [4.69, 9.17) is 9.47 Å². The fourth-order valence-corrected chi connectivity index (χ4v) is 3.12. The average molecular weight is 284 g/mol. The highest BCUT2D eigenvalue weighted by Gasteiger charge is 2.37. The van der Waals surface area contributed by atoms with Gasteiger partial charge in [0.15, 0.2) is 0 Å². The summed E-state index contributed by atoms with van der Waals surface area (Å²) in [6.07, 6.45) is 2.67. The van der Waals surface area contributed by atoms with Gasteiger partial charge in [-0.05, 0) is 40.5 Å². The highest BCUT2D eigenvalue weighted by atomic mass is 16.5. The van der Waals surface area contributed by atoms with Gasteiger partial charge < -0.3 is 14.8 Å². The van der Waals surface area contributed by atoms with Crippen molar-refractivity contribution in [1.82, 2.24) is 10.2 Å². The zero-order valence-electron chi connectivity index (χ0n) is 13.7. The molecule has 4 nitrogen and oxygen atoms in total. The monoisotopic (exact) mass is 284 g/mol. The van der Waals surface area contributed by atoms with E-state index in [0.717, 1.165) is 52.4 Å². The summed E-state index contributed by atoms with van der Waals surface area (Å²) in [5.74, 6) is 0. The molecule has 2 atom stereocenters. The van der Waals surface area contributed by atoms with E-state index < -0.39 is 0 Å². The van der Waals surface area contributed by atoms with Crippen LogP contribution >= 0.6 is 0 Å². The van der Waals surface area contributed by atoms with Crippen LogP contribution in [0.3, 0.4) is 0 Å². The predicted octanol–water partition coefficient (Wildman–Crippen LogP) is 1.89. The second kappa shape index (κ2) is 6.73. The molecule has 4 heteroatoms. The van der Waals surface area contributed by atoms with Gasteiger partial charge in [-0.2, -0.15) is 0 Å². The molecule has 0 amide bonds. The lowest BCUT2D eigenvalue weighted by atomic mass is 9.85. The Bertz CT molecular complexity index is 295. The summed E-state index contributed by atoms with van der Waals surface area (Å²) in [6, 6.07) is 0. The summed E-state index contributed by atoms with van der Waals surface area (Å²) in [6.45, 7) is 16.0. The maximum absolute atomic E-state index is 5.76. The molecule has 2 rings (SSSR count). The normalized spacial score (nSPS) is 33.3. The zero-order valence-corrected chi connectivity index (χ0v) is 13.7. The third kappa shape index (κ3) is 4.99. The Hall–Kier alpha value is -0.160. The van der Waals surface area contributed by atoms with Crippen LogP contribution < -0.4 is 5.32 Å². The van der Waals surface area contributed by atoms with Crippen LogP contribution in [-0.2, 0) is 9.47 Å². The van der Waals surface area contributed by atoms with Crippen molar-refractivity contribution in [1.29, 1.82) is 0 Å². The number of nitrogens with one attached hydrogen (secondary N) is 1. The van der Waals surface area contributed by atoms with Crippen LogP contribution in [0.15, 0.2) is 0 Å². The molecule has 0 aromatic rings. The second-order valence-corrected chi connectivity index (χ2v) is 7.68. The first-order chi connectivity index (χ1) is 9.39. The first kappa shape index (κ1) is 16.2. The molecule has 0 aliphatic carbocycles. The molecule has 2 unspecified atom stereocenters. The third-order valence-corrected chi connectivity index (χ3v) is 4.27. The van der Waals surface area contributed by atoms with Crippen LogP contribution in [-0.4, -0.2) is 62.5 Å². The molecular formula is C16H32N2O2. The van der Waals surface area contributed by atoms with Gasteiger partial charge in [-0.3, -0.25) is 4.90 Å². The molecule has 0 saturated carbocycles. The lowest BCUT2D eigenvalue weighted by Crippen LogP contribution is -2.50. The Kier molecular flexibility index (Phi) is 5.46. The summed E-state index contributed by atoms with van der Waals surface area (Å²) in [7, 11) is 0. The molecule has 0 spiro atoms. The van der Waals surface area contributed by atoms with Crippen LogP contribution in [0, 0.1) is 5.41 Å².